The van der Waals surface area contributed by atoms with E-state index in [1.165, 1.54) is 6.92 Å². The molecule has 0 atom stereocenters. The van der Waals surface area contributed by atoms with Crippen LogP contribution in [0.3, 0.4) is 0 Å². The molecule has 0 heterocycles. The first kappa shape index (κ1) is 17.1. The predicted molar refractivity (Wildman–Crippen MR) is 63.9 cm³/mol. The minimum atomic E-state index is -0.590. The molecule has 0 bridgehead atoms. The first-order valence-corrected chi connectivity index (χ1v) is 5.45. The number of esters is 1. The van der Waals surface area contributed by atoms with E-state index in [0.29, 0.717) is 0 Å². The van der Waals surface area contributed by atoms with Crippen molar-refractivity contribution in [2.24, 2.45) is 0 Å². The molecule has 1 aromatic carbocycles. The van der Waals surface area contributed by atoms with Gasteiger partial charge in [0.05, 0.1) is 15.1 Å². The fraction of sp³-hybridized carbons (Fsp3) is 0.125. The number of carbonyl (C=O) groups is 1. The summed E-state index contributed by atoms with van der Waals surface area (Å²) in [4.78, 5) is 10.8. The molecule has 0 aliphatic carbocycles. The molecule has 1 aromatic rings. The second-order valence-electron chi connectivity index (χ2n) is 2.49. The number of hydrogen-bond donors (Lipinski definition) is 0. The van der Waals surface area contributed by atoms with E-state index in [0.717, 1.165) is 0 Å². The van der Waals surface area contributed by atoms with Crippen LogP contribution in [0.1, 0.15) is 8.35 Å². The van der Waals surface area contributed by atoms with E-state index in [4.69, 9.17) is 62.7 Å². The maximum atomic E-state index is 10.8. The normalized spacial score (nSPS) is 9.62. The molecule has 0 spiro atoms. The Morgan fingerprint density at radius 1 is 0.938 bits per heavy atom. The Labute approximate surface area is 141 Å². The molecule has 2 nitrogen and oxygen atoms in total. The van der Waals surface area contributed by atoms with E-state index in [9.17, 15) is 4.79 Å². The van der Waals surface area contributed by atoms with E-state index in [1.807, 2.05) is 0 Å². The molecular formula is C8H4Cl5NaO2. The van der Waals surface area contributed by atoms with Crippen molar-refractivity contribution in [3.63, 3.8) is 0 Å². The van der Waals surface area contributed by atoms with Crippen LogP contribution in [0, 0.1) is 0 Å². The van der Waals surface area contributed by atoms with E-state index in [1.54, 1.807) is 0 Å². The first-order valence-electron chi connectivity index (χ1n) is 3.56. The van der Waals surface area contributed by atoms with Crippen molar-refractivity contribution in [3.8, 4) is 5.75 Å². The van der Waals surface area contributed by atoms with Crippen LogP contribution in [-0.2, 0) is 4.79 Å². The van der Waals surface area contributed by atoms with Crippen LogP contribution in [0.2, 0.25) is 25.1 Å². The Morgan fingerprint density at radius 3 is 1.56 bits per heavy atom. The Bertz CT molecular complexity index is 411. The number of rotatable bonds is 1. The van der Waals surface area contributed by atoms with E-state index in [2.05, 4.69) is 0 Å². The van der Waals surface area contributed by atoms with Gasteiger partial charge in [-0.15, -0.1) is 0 Å². The van der Waals surface area contributed by atoms with E-state index in [-0.39, 0.29) is 61.8 Å². The van der Waals surface area contributed by atoms with Gasteiger partial charge in [-0.2, -0.15) is 0 Å². The zero-order valence-electron chi connectivity index (χ0n) is 9.21. The molecular weight excluding hydrogens is 328 g/mol. The summed E-state index contributed by atoms with van der Waals surface area (Å²) in [6.45, 7) is 1.20. The summed E-state index contributed by atoms with van der Waals surface area (Å²) in [5.74, 6) is -0.682. The zero-order valence-corrected chi connectivity index (χ0v) is 14.0. The molecule has 0 aliphatic heterocycles. The minimum absolute atomic E-state index is 0. The van der Waals surface area contributed by atoms with Gasteiger partial charge in [-0.3, -0.25) is 4.79 Å². The summed E-state index contributed by atoms with van der Waals surface area (Å²) in [6, 6.07) is 0. The number of benzene rings is 1. The molecule has 0 saturated carbocycles. The van der Waals surface area contributed by atoms with Crippen molar-refractivity contribution in [3.05, 3.63) is 25.1 Å². The summed E-state index contributed by atoms with van der Waals surface area (Å²) < 4.78 is 4.76. The second kappa shape index (κ2) is 6.91. The van der Waals surface area contributed by atoms with Gasteiger partial charge in [-0.25, -0.2) is 0 Å². The van der Waals surface area contributed by atoms with Crippen molar-refractivity contribution < 1.29 is 40.5 Å². The maximum Gasteiger partial charge on any atom is 1.00 e. The van der Waals surface area contributed by atoms with Crippen molar-refractivity contribution in [1.82, 2.24) is 0 Å². The summed E-state index contributed by atoms with van der Waals surface area (Å²) >= 11 is 28.8. The third-order valence-corrected chi connectivity index (χ3v) is 3.66. The average molecular weight is 332 g/mol. The second-order valence-corrected chi connectivity index (χ2v) is 4.38. The Kier molecular flexibility index (Phi) is 7.40. The topological polar surface area (TPSA) is 26.3 Å². The molecule has 84 valence electrons. The molecule has 0 fully saturated rings. The smallest absolute Gasteiger partial charge is 1.00 e. The number of ether oxygens (including phenoxy) is 1. The molecule has 0 aliphatic rings. The van der Waals surface area contributed by atoms with E-state index >= 15 is 0 Å². The summed E-state index contributed by atoms with van der Waals surface area (Å²) in [5, 5.41) is -0.102. The fourth-order valence-corrected chi connectivity index (χ4v) is 2.02. The van der Waals surface area contributed by atoms with Crippen LogP contribution in [0.5, 0.6) is 5.75 Å². The molecule has 0 N–H and O–H groups in total. The van der Waals surface area contributed by atoms with Crippen LogP contribution in [0.15, 0.2) is 0 Å². The van der Waals surface area contributed by atoms with Gasteiger partial charge in [0.1, 0.15) is 10.0 Å². The summed E-state index contributed by atoms with van der Waals surface area (Å²) in [5.41, 5.74) is 0. The van der Waals surface area contributed by atoms with Gasteiger partial charge in [-0.05, 0) is 0 Å². The molecule has 0 amide bonds. The molecule has 8 heteroatoms. The fourth-order valence-electron chi connectivity index (χ4n) is 0.818. The van der Waals surface area contributed by atoms with Crippen LogP contribution in [-0.4, -0.2) is 5.97 Å². The monoisotopic (exact) mass is 330 g/mol. The van der Waals surface area contributed by atoms with Gasteiger partial charge in [0, 0.05) is 6.92 Å². The number of hydrogen-bond acceptors (Lipinski definition) is 2. The summed E-state index contributed by atoms with van der Waals surface area (Å²) in [6.07, 6.45) is 0. The van der Waals surface area contributed by atoms with E-state index < -0.39 is 5.97 Å². The van der Waals surface area contributed by atoms with Gasteiger partial charge in [0.15, 0.2) is 5.75 Å². The van der Waals surface area contributed by atoms with Gasteiger partial charge in [0.2, 0.25) is 0 Å². The zero-order chi connectivity index (χ0) is 11.7. The van der Waals surface area contributed by atoms with Gasteiger partial charge in [0.25, 0.3) is 0 Å². The predicted octanol–water partition coefficient (Wildman–Crippen LogP) is 2.00. The Hall–Kier alpha value is 1.14. The third-order valence-electron chi connectivity index (χ3n) is 1.42. The SMILES string of the molecule is CC(=O)Oc1c(Cl)c(Cl)c(Cl)c(Cl)c1Cl.[H-].[Na+]. The Morgan fingerprint density at radius 2 is 1.25 bits per heavy atom. The van der Waals surface area contributed by atoms with Crippen LogP contribution < -0.4 is 34.3 Å². The molecule has 1 rings (SSSR count). The molecule has 0 radical (unpaired) electrons. The van der Waals surface area contributed by atoms with Crippen LogP contribution in [0.4, 0.5) is 0 Å². The maximum absolute atomic E-state index is 10.8. The van der Waals surface area contributed by atoms with Gasteiger partial charge in [-0.1, -0.05) is 58.0 Å². The molecule has 0 aromatic heterocycles. The van der Waals surface area contributed by atoms with Gasteiger partial charge >= 0.3 is 35.5 Å². The van der Waals surface area contributed by atoms with Crippen molar-refractivity contribution >= 4 is 64.0 Å². The molecule has 16 heavy (non-hydrogen) atoms. The molecule has 0 unspecified atom stereocenters. The summed E-state index contributed by atoms with van der Waals surface area (Å²) in [7, 11) is 0. The van der Waals surface area contributed by atoms with Crippen LogP contribution in [0.25, 0.3) is 0 Å². The number of carbonyl (C=O) groups excluding carboxylic acids is 1. The number of halogens is 5. The molecule has 0 saturated heterocycles. The standard InChI is InChI=1S/C8H3Cl5O2.Na.H/c1-2(14)15-8-6(12)4(10)3(9)5(11)7(8)13;;/h1H3;;/q;+1;-1. The van der Waals surface area contributed by atoms with Crippen LogP contribution >= 0.6 is 58.0 Å². The van der Waals surface area contributed by atoms with Crippen molar-refractivity contribution in [2.45, 2.75) is 6.92 Å². The first-order chi connectivity index (χ1) is 6.86. The van der Waals surface area contributed by atoms with Gasteiger partial charge < -0.3 is 6.16 Å². The minimum Gasteiger partial charge on any atom is -1.00 e. The average Bonchev–Trinajstić information content (AvgIpc) is 2.18. The van der Waals surface area contributed by atoms with Crippen molar-refractivity contribution in [2.75, 3.05) is 0 Å². The largest absolute Gasteiger partial charge is 1.00 e. The third kappa shape index (κ3) is 3.56. The van der Waals surface area contributed by atoms with Crippen molar-refractivity contribution in [1.29, 1.82) is 0 Å². The Balaban J connectivity index is 0. The quantitative estimate of drug-likeness (QED) is 0.258.